The Morgan fingerprint density at radius 2 is 2.09 bits per heavy atom. The molecule has 23 heavy (non-hydrogen) atoms. The van der Waals surface area contributed by atoms with Crippen molar-refractivity contribution >= 4 is 11.9 Å². The minimum absolute atomic E-state index is 0.156. The van der Waals surface area contributed by atoms with Crippen LogP contribution in [0.25, 0.3) is 0 Å². The van der Waals surface area contributed by atoms with Gasteiger partial charge in [-0.15, -0.1) is 0 Å². The molecule has 0 saturated heterocycles. The maximum atomic E-state index is 12.1. The Kier molecular flexibility index (Phi) is 5.35. The molecule has 2 aromatic rings. The van der Waals surface area contributed by atoms with Crippen molar-refractivity contribution in [2.24, 2.45) is 0 Å². The van der Waals surface area contributed by atoms with Crippen LogP contribution < -0.4 is 10.6 Å². The van der Waals surface area contributed by atoms with Gasteiger partial charge >= 0.3 is 6.03 Å². The molecule has 0 aliphatic heterocycles. The van der Waals surface area contributed by atoms with Crippen molar-refractivity contribution in [1.29, 1.82) is 0 Å². The molecule has 7 nitrogen and oxygen atoms in total. The highest BCUT2D eigenvalue weighted by molar-refractivity contribution is 5.94. The maximum absolute atomic E-state index is 12.1. The molecule has 2 rings (SSSR count). The Bertz CT molecular complexity index is 696. The number of amides is 3. The smallest absolute Gasteiger partial charge is 0.317 e. The average Bonchev–Trinajstić information content (AvgIpc) is 2.96. The zero-order valence-corrected chi connectivity index (χ0v) is 13.4. The molecule has 1 aromatic heterocycles. The van der Waals surface area contributed by atoms with Gasteiger partial charge in [0.1, 0.15) is 11.5 Å². The van der Waals surface area contributed by atoms with E-state index in [0.29, 0.717) is 30.1 Å². The Morgan fingerprint density at radius 1 is 1.30 bits per heavy atom. The number of aromatic nitrogens is 1. The van der Waals surface area contributed by atoms with E-state index in [-0.39, 0.29) is 11.9 Å². The number of hydrogen-bond acceptors (Lipinski definition) is 4. The summed E-state index contributed by atoms with van der Waals surface area (Å²) in [5, 5.41) is 9.23. The molecule has 0 spiro atoms. The van der Waals surface area contributed by atoms with Crippen molar-refractivity contribution in [3.63, 3.8) is 0 Å². The molecule has 1 heterocycles. The first kappa shape index (κ1) is 16.5. The summed E-state index contributed by atoms with van der Waals surface area (Å²) in [5.41, 5.74) is 2.11. The first-order valence-corrected chi connectivity index (χ1v) is 7.21. The van der Waals surface area contributed by atoms with Crippen molar-refractivity contribution in [3.05, 3.63) is 52.9 Å². The molecular formula is C16H20N4O3. The zero-order chi connectivity index (χ0) is 16.8. The van der Waals surface area contributed by atoms with Crippen LogP contribution in [0.5, 0.6) is 0 Å². The number of nitrogens with zero attached hydrogens (tertiary/aromatic N) is 2. The Labute approximate surface area is 134 Å². The van der Waals surface area contributed by atoms with Crippen LogP contribution in [0.4, 0.5) is 4.79 Å². The van der Waals surface area contributed by atoms with Gasteiger partial charge in [-0.2, -0.15) is 0 Å². The van der Waals surface area contributed by atoms with Gasteiger partial charge in [0.2, 0.25) is 0 Å². The fourth-order valence-corrected chi connectivity index (χ4v) is 2.09. The van der Waals surface area contributed by atoms with E-state index in [1.807, 2.05) is 6.07 Å². The van der Waals surface area contributed by atoms with Crippen LogP contribution in [0.2, 0.25) is 0 Å². The highest BCUT2D eigenvalue weighted by Crippen LogP contribution is 2.07. The lowest BCUT2D eigenvalue weighted by molar-refractivity contribution is 0.0963. The van der Waals surface area contributed by atoms with Gasteiger partial charge in [-0.1, -0.05) is 17.3 Å². The van der Waals surface area contributed by atoms with E-state index in [9.17, 15) is 9.59 Å². The van der Waals surface area contributed by atoms with Crippen LogP contribution in [0.15, 0.2) is 34.9 Å². The average molecular weight is 316 g/mol. The Balaban J connectivity index is 1.89. The number of carbonyl (C=O) groups is 2. The van der Waals surface area contributed by atoms with Gasteiger partial charge in [0.05, 0.1) is 6.54 Å². The standard InChI is InChI=1S/C16H20N4O3/c1-11-7-14(19-23-11)10-20(3)16(22)18-9-12-5-4-6-13(8-12)15(21)17-2/h4-8H,9-10H2,1-3H3,(H,17,21)(H,18,22). The molecule has 0 unspecified atom stereocenters. The summed E-state index contributed by atoms with van der Waals surface area (Å²) in [6, 6.07) is 8.68. The summed E-state index contributed by atoms with van der Waals surface area (Å²) in [6.45, 7) is 2.50. The van der Waals surface area contributed by atoms with Crippen molar-refractivity contribution in [3.8, 4) is 0 Å². The number of urea groups is 1. The van der Waals surface area contributed by atoms with Crippen LogP contribution in [0.3, 0.4) is 0 Å². The van der Waals surface area contributed by atoms with Crippen LogP contribution in [-0.4, -0.2) is 36.1 Å². The van der Waals surface area contributed by atoms with E-state index in [1.54, 1.807) is 45.3 Å². The van der Waals surface area contributed by atoms with Crippen molar-refractivity contribution < 1.29 is 14.1 Å². The minimum Gasteiger partial charge on any atom is -0.361 e. The van der Waals surface area contributed by atoms with Gasteiger partial charge in [-0.05, 0) is 24.6 Å². The third kappa shape index (κ3) is 4.57. The second-order valence-electron chi connectivity index (χ2n) is 5.22. The summed E-state index contributed by atoms with van der Waals surface area (Å²) >= 11 is 0. The summed E-state index contributed by atoms with van der Waals surface area (Å²) in [4.78, 5) is 25.2. The molecule has 122 valence electrons. The van der Waals surface area contributed by atoms with Gasteiger partial charge in [-0.25, -0.2) is 4.79 Å². The van der Waals surface area contributed by atoms with Crippen LogP contribution in [0, 0.1) is 6.92 Å². The number of rotatable bonds is 5. The van der Waals surface area contributed by atoms with Gasteiger partial charge in [0.25, 0.3) is 5.91 Å². The minimum atomic E-state index is -0.226. The number of hydrogen-bond donors (Lipinski definition) is 2. The molecule has 7 heteroatoms. The summed E-state index contributed by atoms with van der Waals surface area (Å²) in [7, 11) is 3.26. The van der Waals surface area contributed by atoms with E-state index in [4.69, 9.17) is 4.52 Å². The van der Waals surface area contributed by atoms with E-state index in [0.717, 1.165) is 5.56 Å². The zero-order valence-electron chi connectivity index (χ0n) is 13.4. The number of benzene rings is 1. The third-order valence-corrected chi connectivity index (χ3v) is 3.28. The summed E-state index contributed by atoms with van der Waals surface area (Å²) in [6.07, 6.45) is 0. The number of aryl methyl sites for hydroxylation is 1. The molecule has 0 atom stereocenters. The third-order valence-electron chi connectivity index (χ3n) is 3.28. The topological polar surface area (TPSA) is 87.5 Å². The number of carbonyl (C=O) groups excluding carboxylic acids is 2. The molecule has 2 N–H and O–H groups in total. The lowest BCUT2D eigenvalue weighted by atomic mass is 10.1. The quantitative estimate of drug-likeness (QED) is 0.878. The fourth-order valence-electron chi connectivity index (χ4n) is 2.09. The maximum Gasteiger partial charge on any atom is 0.317 e. The molecule has 0 bridgehead atoms. The Hall–Kier alpha value is -2.83. The molecular weight excluding hydrogens is 296 g/mol. The van der Waals surface area contributed by atoms with E-state index < -0.39 is 0 Å². The van der Waals surface area contributed by atoms with Gasteiger partial charge < -0.3 is 20.1 Å². The first-order chi connectivity index (χ1) is 11.0. The predicted molar refractivity (Wildman–Crippen MR) is 84.8 cm³/mol. The molecule has 0 radical (unpaired) electrons. The molecule has 3 amide bonds. The van der Waals surface area contributed by atoms with E-state index in [2.05, 4.69) is 15.8 Å². The van der Waals surface area contributed by atoms with Gasteiger partial charge in [-0.3, -0.25) is 4.79 Å². The largest absolute Gasteiger partial charge is 0.361 e. The van der Waals surface area contributed by atoms with E-state index in [1.165, 1.54) is 4.90 Å². The molecule has 0 saturated carbocycles. The van der Waals surface area contributed by atoms with Crippen LogP contribution in [-0.2, 0) is 13.1 Å². The fraction of sp³-hybridized carbons (Fsp3) is 0.312. The second kappa shape index (κ2) is 7.44. The highest BCUT2D eigenvalue weighted by Gasteiger charge is 2.11. The van der Waals surface area contributed by atoms with E-state index >= 15 is 0 Å². The predicted octanol–water partition coefficient (Wildman–Crippen LogP) is 1.68. The van der Waals surface area contributed by atoms with Crippen molar-refractivity contribution in [2.75, 3.05) is 14.1 Å². The lowest BCUT2D eigenvalue weighted by Gasteiger charge is -2.16. The monoisotopic (exact) mass is 316 g/mol. The summed E-state index contributed by atoms with van der Waals surface area (Å²) in [5.74, 6) is 0.552. The normalized spacial score (nSPS) is 10.2. The lowest BCUT2D eigenvalue weighted by Crippen LogP contribution is -2.36. The second-order valence-corrected chi connectivity index (χ2v) is 5.22. The van der Waals surface area contributed by atoms with Crippen LogP contribution >= 0.6 is 0 Å². The molecule has 1 aromatic carbocycles. The molecule has 0 aliphatic carbocycles. The SMILES string of the molecule is CNC(=O)c1cccc(CNC(=O)N(C)Cc2cc(C)on2)c1. The molecule has 0 aliphatic rings. The van der Waals surface area contributed by atoms with Crippen molar-refractivity contribution in [2.45, 2.75) is 20.0 Å². The van der Waals surface area contributed by atoms with Crippen LogP contribution in [0.1, 0.15) is 27.4 Å². The van der Waals surface area contributed by atoms with Gasteiger partial charge in [0.15, 0.2) is 0 Å². The highest BCUT2D eigenvalue weighted by atomic mass is 16.5. The van der Waals surface area contributed by atoms with Gasteiger partial charge in [0, 0.05) is 32.3 Å². The summed E-state index contributed by atoms with van der Waals surface area (Å²) < 4.78 is 4.97. The van der Waals surface area contributed by atoms with Crippen molar-refractivity contribution in [1.82, 2.24) is 20.7 Å². The molecule has 0 fully saturated rings. The Morgan fingerprint density at radius 3 is 2.74 bits per heavy atom. The number of nitrogens with one attached hydrogen (secondary N) is 2. The first-order valence-electron chi connectivity index (χ1n) is 7.21.